The lowest BCUT2D eigenvalue weighted by atomic mass is 10.00. The highest BCUT2D eigenvalue weighted by Crippen LogP contribution is 2.40. The van der Waals surface area contributed by atoms with Gasteiger partial charge in [-0.1, -0.05) is 42.1 Å². The molecule has 3 aromatic carbocycles. The van der Waals surface area contributed by atoms with Gasteiger partial charge in [0.05, 0.1) is 31.1 Å². The molecule has 8 heteroatoms. The number of pyridine rings is 1. The topological polar surface area (TPSA) is 66.2 Å². The minimum Gasteiger partial charge on any atom is -0.497 e. The first kappa shape index (κ1) is 24.2. The quantitative estimate of drug-likeness (QED) is 0.167. The smallest absolute Gasteiger partial charge is 0.276 e. The van der Waals surface area contributed by atoms with E-state index in [1.165, 1.54) is 23.1 Å². The molecule has 0 aliphatic rings. The summed E-state index contributed by atoms with van der Waals surface area (Å²) in [7, 11) is 3.27. The molecule has 0 spiro atoms. The van der Waals surface area contributed by atoms with Crippen LogP contribution in [0.2, 0.25) is 0 Å². The van der Waals surface area contributed by atoms with Crippen LogP contribution in [0.5, 0.6) is 11.5 Å². The van der Waals surface area contributed by atoms with Gasteiger partial charge in [0.2, 0.25) is 0 Å². The Kier molecular flexibility index (Phi) is 6.35. The lowest BCUT2D eigenvalue weighted by Crippen LogP contribution is -2.20. The van der Waals surface area contributed by atoms with Crippen LogP contribution in [-0.2, 0) is 0 Å². The van der Waals surface area contributed by atoms with E-state index in [0.29, 0.717) is 15.4 Å². The van der Waals surface area contributed by atoms with Gasteiger partial charge in [0.1, 0.15) is 21.0 Å². The second-order valence-corrected chi connectivity index (χ2v) is 10.3. The van der Waals surface area contributed by atoms with Gasteiger partial charge in [-0.05, 0) is 72.0 Å². The van der Waals surface area contributed by atoms with Crippen LogP contribution in [0.15, 0.2) is 94.9 Å². The van der Waals surface area contributed by atoms with Crippen molar-refractivity contribution in [2.24, 2.45) is 0 Å². The Balaban J connectivity index is 1.65. The molecule has 0 atom stereocenters. The third-order valence-electron chi connectivity index (χ3n) is 6.42. The highest BCUT2D eigenvalue weighted by atomic mass is 32.2. The van der Waals surface area contributed by atoms with Crippen LogP contribution >= 0.6 is 23.1 Å². The van der Waals surface area contributed by atoms with E-state index in [-0.39, 0.29) is 5.56 Å². The molecular formula is C30H23N3O3S2. The first-order valence-corrected chi connectivity index (χ1v) is 13.9. The molecule has 0 amide bonds. The third kappa shape index (κ3) is 4.12. The second kappa shape index (κ2) is 9.96. The molecule has 0 N–H and O–H groups in total. The van der Waals surface area contributed by atoms with Crippen molar-refractivity contribution in [2.45, 2.75) is 5.16 Å². The summed E-state index contributed by atoms with van der Waals surface area (Å²) in [6.45, 7) is 0. The van der Waals surface area contributed by atoms with Crippen molar-refractivity contribution in [1.82, 2.24) is 14.5 Å². The fourth-order valence-electron chi connectivity index (χ4n) is 4.52. The number of rotatable bonds is 6. The first-order chi connectivity index (χ1) is 18.6. The third-order valence-corrected chi connectivity index (χ3v) is 8.12. The van der Waals surface area contributed by atoms with Gasteiger partial charge in [-0.3, -0.25) is 9.36 Å². The monoisotopic (exact) mass is 537 g/mol. The van der Waals surface area contributed by atoms with E-state index >= 15 is 0 Å². The van der Waals surface area contributed by atoms with Crippen LogP contribution in [-0.4, -0.2) is 35.0 Å². The lowest BCUT2D eigenvalue weighted by molar-refractivity contribution is 0.414. The fraction of sp³-hybridized carbons (Fsp3) is 0.100. The SMILES string of the molecule is COc1ccc(-c2cc(-c3ccccc3)c3c(n2)sc2c(=O)n(-c4ccc(OC)cc4)c(SC)nc23)cc1. The summed E-state index contributed by atoms with van der Waals surface area (Å²) in [5.74, 6) is 1.51. The Morgan fingerprint density at radius 2 is 1.47 bits per heavy atom. The number of fused-ring (bicyclic) bond motifs is 3. The molecule has 0 saturated heterocycles. The van der Waals surface area contributed by atoms with Crippen LogP contribution in [0.3, 0.4) is 0 Å². The molecule has 0 radical (unpaired) electrons. The van der Waals surface area contributed by atoms with Crippen molar-refractivity contribution in [1.29, 1.82) is 0 Å². The summed E-state index contributed by atoms with van der Waals surface area (Å²) < 4.78 is 12.9. The number of thioether (sulfide) groups is 1. The van der Waals surface area contributed by atoms with Crippen LogP contribution in [0.1, 0.15) is 0 Å². The van der Waals surface area contributed by atoms with Gasteiger partial charge in [0, 0.05) is 10.9 Å². The van der Waals surface area contributed by atoms with Gasteiger partial charge in [-0.2, -0.15) is 0 Å². The molecule has 0 unspecified atom stereocenters. The Morgan fingerprint density at radius 1 is 0.816 bits per heavy atom. The molecule has 38 heavy (non-hydrogen) atoms. The van der Waals surface area contributed by atoms with E-state index in [2.05, 4.69) is 18.2 Å². The zero-order valence-corrected chi connectivity index (χ0v) is 22.6. The number of benzene rings is 3. The van der Waals surface area contributed by atoms with Crippen molar-refractivity contribution in [3.05, 3.63) is 95.3 Å². The van der Waals surface area contributed by atoms with E-state index in [9.17, 15) is 4.79 Å². The normalized spacial score (nSPS) is 11.2. The number of hydrogen-bond donors (Lipinski definition) is 0. The fourth-order valence-corrected chi connectivity index (χ4v) is 6.14. The largest absolute Gasteiger partial charge is 0.497 e. The van der Waals surface area contributed by atoms with Crippen LogP contribution in [0.25, 0.3) is 48.5 Å². The molecule has 6 aromatic rings. The molecule has 6 rings (SSSR count). The summed E-state index contributed by atoms with van der Waals surface area (Å²) in [4.78, 5) is 24.8. The van der Waals surface area contributed by atoms with E-state index in [0.717, 1.165) is 49.8 Å². The van der Waals surface area contributed by atoms with Crippen molar-refractivity contribution in [3.8, 4) is 39.6 Å². The standard InChI is InChI=1S/C30H23N3O3S2/c1-35-21-13-9-19(10-14-21)24-17-23(18-7-5-4-6-8-18)25-26-27(38-28(25)31-24)29(34)33(30(32-26)37-3)20-11-15-22(36-2)16-12-20/h4-17H,1-3H3. The molecule has 0 aliphatic carbocycles. The molecule has 0 saturated carbocycles. The first-order valence-electron chi connectivity index (χ1n) is 11.9. The average Bonchev–Trinajstić information content (AvgIpc) is 3.36. The molecule has 0 fully saturated rings. The summed E-state index contributed by atoms with van der Waals surface area (Å²) in [6.07, 6.45) is 1.93. The highest BCUT2D eigenvalue weighted by molar-refractivity contribution is 7.98. The lowest BCUT2D eigenvalue weighted by Gasteiger charge is -2.12. The van der Waals surface area contributed by atoms with Gasteiger partial charge in [-0.15, -0.1) is 11.3 Å². The molecule has 0 bridgehead atoms. The molecule has 0 aliphatic heterocycles. The number of ether oxygens (including phenoxy) is 2. The van der Waals surface area contributed by atoms with Crippen LogP contribution in [0.4, 0.5) is 0 Å². The molecular weight excluding hydrogens is 514 g/mol. The average molecular weight is 538 g/mol. The van der Waals surface area contributed by atoms with Crippen LogP contribution < -0.4 is 15.0 Å². The second-order valence-electron chi connectivity index (χ2n) is 8.55. The predicted octanol–water partition coefficient (Wildman–Crippen LogP) is 7.07. The van der Waals surface area contributed by atoms with Gasteiger partial charge in [0.15, 0.2) is 5.16 Å². The maximum absolute atomic E-state index is 14.0. The molecule has 6 nitrogen and oxygen atoms in total. The number of methoxy groups -OCH3 is 2. The van der Waals surface area contributed by atoms with Crippen molar-refractivity contribution in [2.75, 3.05) is 20.5 Å². The van der Waals surface area contributed by atoms with Crippen molar-refractivity contribution in [3.63, 3.8) is 0 Å². The van der Waals surface area contributed by atoms with Crippen molar-refractivity contribution >= 4 is 43.5 Å². The number of hydrogen-bond acceptors (Lipinski definition) is 7. The van der Waals surface area contributed by atoms with Gasteiger partial charge >= 0.3 is 0 Å². The minimum atomic E-state index is -0.113. The van der Waals surface area contributed by atoms with Crippen molar-refractivity contribution < 1.29 is 9.47 Å². The maximum Gasteiger partial charge on any atom is 0.276 e. The summed E-state index contributed by atoms with van der Waals surface area (Å²) in [5, 5.41) is 1.51. The van der Waals surface area contributed by atoms with Gasteiger partial charge < -0.3 is 9.47 Å². The predicted molar refractivity (Wildman–Crippen MR) is 156 cm³/mol. The zero-order chi connectivity index (χ0) is 26.2. The minimum absolute atomic E-state index is 0.113. The Bertz CT molecular complexity index is 1830. The number of aromatic nitrogens is 3. The van der Waals surface area contributed by atoms with Crippen LogP contribution in [0, 0.1) is 0 Å². The van der Waals surface area contributed by atoms with Gasteiger partial charge in [-0.25, -0.2) is 9.97 Å². The summed E-state index contributed by atoms with van der Waals surface area (Å²) >= 11 is 2.82. The molecule has 3 heterocycles. The zero-order valence-electron chi connectivity index (χ0n) is 21.0. The Hall–Kier alpha value is -4.14. The summed E-state index contributed by atoms with van der Waals surface area (Å²) in [5.41, 5.74) is 5.13. The highest BCUT2D eigenvalue weighted by Gasteiger charge is 2.21. The maximum atomic E-state index is 14.0. The van der Waals surface area contributed by atoms with E-state index in [1.807, 2.05) is 73.0 Å². The molecule has 3 aromatic heterocycles. The Morgan fingerprint density at radius 3 is 2.11 bits per heavy atom. The Labute approximate surface area is 227 Å². The molecule has 188 valence electrons. The van der Waals surface area contributed by atoms with E-state index in [4.69, 9.17) is 19.4 Å². The van der Waals surface area contributed by atoms with E-state index in [1.54, 1.807) is 18.8 Å². The van der Waals surface area contributed by atoms with E-state index < -0.39 is 0 Å². The number of thiophene rings is 1. The van der Waals surface area contributed by atoms with Gasteiger partial charge in [0.25, 0.3) is 5.56 Å². The summed E-state index contributed by atoms with van der Waals surface area (Å²) in [6, 6.07) is 27.5. The number of nitrogens with zero attached hydrogens (tertiary/aromatic N) is 3.